The van der Waals surface area contributed by atoms with Crippen LogP contribution in [0.5, 0.6) is 0 Å². The summed E-state index contributed by atoms with van der Waals surface area (Å²) in [5, 5.41) is 3.53. The van der Waals surface area contributed by atoms with Crippen LogP contribution < -0.4 is 16.6 Å². The van der Waals surface area contributed by atoms with Gasteiger partial charge in [-0.25, -0.2) is 4.79 Å². The molecule has 1 aliphatic carbocycles. The van der Waals surface area contributed by atoms with Crippen molar-refractivity contribution in [1.82, 2.24) is 9.97 Å². The second-order valence-corrected chi connectivity index (χ2v) is 6.85. The van der Waals surface area contributed by atoms with Gasteiger partial charge in [0.2, 0.25) is 0 Å². The number of hydrogen-bond donors (Lipinski definition) is 3. The van der Waals surface area contributed by atoms with E-state index in [0.717, 1.165) is 5.56 Å². The van der Waals surface area contributed by atoms with Gasteiger partial charge in [0.05, 0.1) is 17.2 Å². The lowest BCUT2D eigenvalue weighted by Crippen LogP contribution is -2.33. The number of carbonyl (C=O) groups is 1. The number of aromatic nitrogens is 2. The predicted molar refractivity (Wildman–Crippen MR) is 102 cm³/mol. The lowest BCUT2D eigenvalue weighted by atomic mass is 9.81. The quantitative estimate of drug-likeness (QED) is 0.607. The molecular formula is C20H12ClN3O3. The molecule has 1 atom stereocenters. The minimum atomic E-state index is -0.689. The first-order valence-electron chi connectivity index (χ1n) is 8.32. The largest absolute Gasteiger partial charge is 0.340 e. The van der Waals surface area contributed by atoms with Crippen LogP contribution in [0.3, 0.4) is 0 Å². The van der Waals surface area contributed by atoms with Crippen molar-refractivity contribution in [3.05, 3.63) is 102 Å². The molecule has 1 aliphatic heterocycles. The lowest BCUT2D eigenvalue weighted by Gasteiger charge is -2.27. The number of nitrogens with one attached hydrogen (secondary N) is 3. The van der Waals surface area contributed by atoms with Gasteiger partial charge in [0.25, 0.3) is 5.56 Å². The fraction of sp³-hybridized carbons (Fsp3) is 0.0500. The molecule has 27 heavy (non-hydrogen) atoms. The molecule has 132 valence electrons. The molecular weight excluding hydrogens is 366 g/mol. The molecule has 3 aromatic rings. The van der Waals surface area contributed by atoms with E-state index < -0.39 is 17.2 Å². The van der Waals surface area contributed by atoms with E-state index in [4.69, 9.17) is 11.6 Å². The van der Waals surface area contributed by atoms with E-state index in [1.165, 1.54) is 0 Å². The van der Waals surface area contributed by atoms with Crippen LogP contribution in [0.1, 0.15) is 33.0 Å². The van der Waals surface area contributed by atoms with Gasteiger partial charge in [-0.15, -0.1) is 0 Å². The zero-order chi connectivity index (χ0) is 18.7. The van der Waals surface area contributed by atoms with Crippen molar-refractivity contribution in [3.8, 4) is 0 Å². The Morgan fingerprint density at radius 2 is 1.56 bits per heavy atom. The molecule has 5 rings (SSSR count). The van der Waals surface area contributed by atoms with Crippen LogP contribution in [0.4, 0.5) is 5.82 Å². The van der Waals surface area contributed by atoms with Gasteiger partial charge in [-0.1, -0.05) is 54.1 Å². The molecule has 0 unspecified atom stereocenters. The van der Waals surface area contributed by atoms with Gasteiger partial charge >= 0.3 is 5.69 Å². The number of benzene rings is 2. The van der Waals surface area contributed by atoms with E-state index in [-0.39, 0.29) is 17.2 Å². The first-order valence-corrected chi connectivity index (χ1v) is 8.70. The average Bonchev–Trinajstić information content (AvgIpc) is 2.93. The van der Waals surface area contributed by atoms with Crippen molar-refractivity contribution in [2.75, 3.05) is 5.32 Å². The van der Waals surface area contributed by atoms with Crippen molar-refractivity contribution < 1.29 is 4.79 Å². The van der Waals surface area contributed by atoms with Gasteiger partial charge in [0, 0.05) is 21.7 Å². The third-order valence-electron chi connectivity index (χ3n) is 4.98. The number of rotatable bonds is 1. The SMILES string of the molecule is O=C1C2=C(Nc3[nH]c(=O)[nH]c(=O)c3[C@@H]2c2ccccc2Cl)c2ccccc21. The van der Waals surface area contributed by atoms with Crippen molar-refractivity contribution in [3.63, 3.8) is 0 Å². The van der Waals surface area contributed by atoms with Gasteiger partial charge in [-0.05, 0) is 11.6 Å². The van der Waals surface area contributed by atoms with E-state index in [0.29, 0.717) is 27.4 Å². The van der Waals surface area contributed by atoms with Gasteiger partial charge in [0.1, 0.15) is 5.82 Å². The summed E-state index contributed by atoms with van der Waals surface area (Å²) < 4.78 is 0. The number of allylic oxidation sites excluding steroid dienone is 1. The van der Waals surface area contributed by atoms with Crippen molar-refractivity contribution in [1.29, 1.82) is 0 Å². The highest BCUT2D eigenvalue weighted by Crippen LogP contribution is 2.48. The molecule has 2 aliphatic rings. The smallest absolute Gasteiger partial charge is 0.327 e. The fourth-order valence-corrected chi connectivity index (χ4v) is 4.12. The normalized spacial score (nSPS) is 17.2. The summed E-state index contributed by atoms with van der Waals surface area (Å²) in [7, 11) is 0. The molecule has 2 aromatic carbocycles. The molecule has 0 fully saturated rings. The maximum absolute atomic E-state index is 13.2. The summed E-state index contributed by atoms with van der Waals surface area (Å²) in [6.45, 7) is 0. The van der Waals surface area contributed by atoms with Crippen LogP contribution >= 0.6 is 11.6 Å². The Kier molecular flexibility index (Phi) is 3.26. The van der Waals surface area contributed by atoms with E-state index in [2.05, 4.69) is 15.3 Å². The minimum absolute atomic E-state index is 0.158. The minimum Gasteiger partial charge on any atom is -0.340 e. The summed E-state index contributed by atoms with van der Waals surface area (Å²) in [4.78, 5) is 42.5. The number of hydrogen-bond acceptors (Lipinski definition) is 4. The number of aromatic amines is 2. The second-order valence-electron chi connectivity index (χ2n) is 6.44. The molecule has 0 saturated heterocycles. The first-order chi connectivity index (χ1) is 13.1. The van der Waals surface area contributed by atoms with Gasteiger partial charge < -0.3 is 5.32 Å². The van der Waals surface area contributed by atoms with E-state index in [1.54, 1.807) is 36.4 Å². The molecule has 2 heterocycles. The summed E-state index contributed by atoms with van der Waals surface area (Å²) >= 11 is 6.42. The number of anilines is 1. The summed E-state index contributed by atoms with van der Waals surface area (Å²) in [5.74, 6) is -0.573. The van der Waals surface area contributed by atoms with Crippen molar-refractivity contribution >= 4 is 28.9 Å². The summed E-state index contributed by atoms with van der Waals surface area (Å²) in [5.41, 5.74) is 2.06. The molecule has 7 heteroatoms. The third kappa shape index (κ3) is 2.17. The van der Waals surface area contributed by atoms with Crippen LogP contribution in [0.15, 0.2) is 63.7 Å². The monoisotopic (exact) mass is 377 g/mol. The topological polar surface area (TPSA) is 94.8 Å². The zero-order valence-corrected chi connectivity index (χ0v) is 14.6. The van der Waals surface area contributed by atoms with Crippen molar-refractivity contribution in [2.24, 2.45) is 0 Å². The highest BCUT2D eigenvalue weighted by Gasteiger charge is 2.42. The van der Waals surface area contributed by atoms with Crippen LogP contribution in [-0.2, 0) is 0 Å². The van der Waals surface area contributed by atoms with Crippen LogP contribution in [-0.4, -0.2) is 15.8 Å². The predicted octanol–water partition coefficient (Wildman–Crippen LogP) is 2.88. The molecule has 0 amide bonds. The second kappa shape index (κ2) is 5.56. The van der Waals surface area contributed by atoms with Crippen LogP contribution in [0, 0.1) is 0 Å². The number of carbonyl (C=O) groups excluding carboxylic acids is 1. The van der Waals surface area contributed by atoms with Crippen LogP contribution in [0.2, 0.25) is 5.02 Å². The maximum atomic E-state index is 13.2. The maximum Gasteiger partial charge on any atom is 0.327 e. The Balaban J connectivity index is 1.88. The molecule has 0 spiro atoms. The highest BCUT2D eigenvalue weighted by molar-refractivity contribution is 6.32. The molecule has 0 radical (unpaired) electrons. The van der Waals surface area contributed by atoms with Gasteiger partial charge in [-0.2, -0.15) is 0 Å². The average molecular weight is 378 g/mol. The lowest BCUT2D eigenvalue weighted by molar-refractivity contribution is 0.103. The Bertz CT molecular complexity index is 1290. The fourth-order valence-electron chi connectivity index (χ4n) is 3.87. The Hall–Kier alpha value is -3.38. The number of halogens is 1. The van der Waals surface area contributed by atoms with Crippen LogP contribution in [0.25, 0.3) is 5.70 Å². The van der Waals surface area contributed by atoms with E-state index in [9.17, 15) is 14.4 Å². The molecule has 0 bridgehead atoms. The molecule has 1 aromatic heterocycles. The summed E-state index contributed by atoms with van der Waals surface area (Å²) in [6, 6.07) is 14.3. The number of fused-ring (bicyclic) bond motifs is 3. The van der Waals surface area contributed by atoms with Gasteiger partial charge in [-0.3, -0.25) is 19.6 Å². The number of Topliss-reactive ketones (excluding diaryl/α,β-unsaturated/α-hetero) is 1. The standard InChI is InChI=1S/C20H12ClN3O3/c21-12-8-4-3-7-11(12)13-14-16(9-5-1-2-6-10(9)17(14)25)22-18-15(13)19(26)24-20(27)23-18/h1-8,13H,(H3,22,23,24,26,27)/t13-/m1/s1. The Labute approximate surface area is 157 Å². The van der Waals surface area contributed by atoms with E-state index >= 15 is 0 Å². The zero-order valence-electron chi connectivity index (χ0n) is 13.8. The molecule has 3 N–H and O–H groups in total. The number of ketones is 1. The van der Waals surface area contributed by atoms with E-state index in [1.807, 2.05) is 12.1 Å². The van der Waals surface area contributed by atoms with Crippen molar-refractivity contribution in [2.45, 2.75) is 5.92 Å². The molecule has 6 nitrogen and oxygen atoms in total. The Morgan fingerprint density at radius 1 is 0.852 bits per heavy atom. The number of H-pyrrole nitrogens is 2. The Morgan fingerprint density at radius 3 is 2.33 bits per heavy atom. The summed E-state index contributed by atoms with van der Waals surface area (Å²) in [6.07, 6.45) is 0. The highest BCUT2D eigenvalue weighted by atomic mass is 35.5. The first kappa shape index (κ1) is 15.8. The third-order valence-corrected chi connectivity index (χ3v) is 5.32. The van der Waals surface area contributed by atoms with Gasteiger partial charge in [0.15, 0.2) is 5.78 Å². The molecule has 0 saturated carbocycles.